The summed E-state index contributed by atoms with van der Waals surface area (Å²) < 4.78 is 18.4. The highest BCUT2D eigenvalue weighted by Gasteiger charge is 2.38. The molecule has 1 heterocycles. The average molecular weight is 317 g/mol. The van der Waals surface area contributed by atoms with E-state index in [0.29, 0.717) is 0 Å². The van der Waals surface area contributed by atoms with Gasteiger partial charge in [-0.05, 0) is 49.4 Å². The summed E-state index contributed by atoms with van der Waals surface area (Å²) in [6, 6.07) is 5.01. The van der Waals surface area contributed by atoms with Gasteiger partial charge in [-0.25, -0.2) is 9.18 Å². The maximum absolute atomic E-state index is 13.1. The zero-order valence-electron chi connectivity index (χ0n) is 12.6. The first-order valence-electron chi connectivity index (χ1n) is 7.33. The van der Waals surface area contributed by atoms with E-state index in [1.165, 1.54) is 19.1 Å². The van der Waals surface area contributed by atoms with Gasteiger partial charge in [-0.1, -0.05) is 12.1 Å². The SMILES string of the molecule is CC(NC(=O)c1occ2c1CCC2)(C(=O)O)c1ccc(F)cc1. The Hall–Kier alpha value is -2.63. The standard InChI is InChI=1S/C17H16FNO4/c1-17(16(21)22,11-5-7-12(18)8-6-11)19-15(20)14-13-4-2-3-10(13)9-23-14/h5-9H,2-4H2,1H3,(H,19,20)(H,21,22). The first-order valence-corrected chi connectivity index (χ1v) is 7.33. The Bertz CT molecular complexity index is 765. The molecule has 1 aromatic carbocycles. The van der Waals surface area contributed by atoms with E-state index >= 15 is 0 Å². The fourth-order valence-corrected chi connectivity index (χ4v) is 2.86. The predicted molar refractivity (Wildman–Crippen MR) is 79.6 cm³/mol. The molecule has 1 aromatic heterocycles. The van der Waals surface area contributed by atoms with Gasteiger partial charge in [0.15, 0.2) is 11.3 Å². The molecule has 0 saturated heterocycles. The normalized spacial score (nSPS) is 15.7. The number of rotatable bonds is 4. The summed E-state index contributed by atoms with van der Waals surface area (Å²) >= 11 is 0. The molecular weight excluding hydrogens is 301 g/mol. The van der Waals surface area contributed by atoms with E-state index in [1.807, 2.05) is 0 Å². The Labute approximate surface area is 132 Å². The van der Waals surface area contributed by atoms with Gasteiger partial charge in [-0.3, -0.25) is 4.79 Å². The van der Waals surface area contributed by atoms with E-state index in [2.05, 4.69) is 5.32 Å². The molecule has 5 nitrogen and oxygen atoms in total. The number of benzene rings is 1. The lowest BCUT2D eigenvalue weighted by atomic mass is 9.91. The number of carboxylic acid groups (broad SMARTS) is 1. The summed E-state index contributed by atoms with van der Waals surface area (Å²) in [4.78, 5) is 24.2. The third-order valence-electron chi connectivity index (χ3n) is 4.27. The molecule has 1 amide bonds. The van der Waals surface area contributed by atoms with E-state index in [9.17, 15) is 19.1 Å². The van der Waals surface area contributed by atoms with Crippen LogP contribution in [-0.4, -0.2) is 17.0 Å². The van der Waals surface area contributed by atoms with Gasteiger partial charge in [0.05, 0.1) is 6.26 Å². The van der Waals surface area contributed by atoms with Crippen molar-refractivity contribution in [2.45, 2.75) is 31.7 Å². The second-order valence-electron chi connectivity index (χ2n) is 5.81. The van der Waals surface area contributed by atoms with Gasteiger partial charge in [-0.2, -0.15) is 0 Å². The van der Waals surface area contributed by atoms with Crippen molar-refractivity contribution in [2.24, 2.45) is 0 Å². The summed E-state index contributed by atoms with van der Waals surface area (Å²) in [6.45, 7) is 1.36. The van der Waals surface area contributed by atoms with Crippen molar-refractivity contribution in [3.63, 3.8) is 0 Å². The lowest BCUT2D eigenvalue weighted by Crippen LogP contribution is -2.49. The van der Waals surface area contributed by atoms with Crippen LogP contribution in [0.5, 0.6) is 0 Å². The summed E-state index contributed by atoms with van der Waals surface area (Å²) in [7, 11) is 0. The van der Waals surface area contributed by atoms with Crippen LogP contribution in [-0.2, 0) is 23.2 Å². The van der Waals surface area contributed by atoms with Crippen LogP contribution in [0, 0.1) is 5.82 Å². The van der Waals surface area contributed by atoms with Crippen molar-refractivity contribution in [1.29, 1.82) is 0 Å². The largest absolute Gasteiger partial charge is 0.479 e. The number of amides is 1. The van der Waals surface area contributed by atoms with Gasteiger partial charge in [0.25, 0.3) is 5.91 Å². The molecule has 0 aliphatic heterocycles. The van der Waals surface area contributed by atoms with Crippen LogP contribution in [0.4, 0.5) is 4.39 Å². The van der Waals surface area contributed by atoms with Crippen LogP contribution in [0.15, 0.2) is 34.9 Å². The van der Waals surface area contributed by atoms with Crippen LogP contribution >= 0.6 is 0 Å². The summed E-state index contributed by atoms with van der Waals surface area (Å²) in [5.74, 6) is -2.13. The van der Waals surface area contributed by atoms with Crippen molar-refractivity contribution >= 4 is 11.9 Å². The highest BCUT2D eigenvalue weighted by Crippen LogP contribution is 2.28. The first kappa shape index (κ1) is 15.3. The molecule has 1 atom stereocenters. The molecule has 23 heavy (non-hydrogen) atoms. The van der Waals surface area contributed by atoms with E-state index in [1.54, 1.807) is 6.26 Å². The second-order valence-corrected chi connectivity index (χ2v) is 5.81. The average Bonchev–Trinajstić information content (AvgIpc) is 3.10. The van der Waals surface area contributed by atoms with Crippen LogP contribution in [0.2, 0.25) is 0 Å². The minimum Gasteiger partial charge on any atom is -0.479 e. The molecule has 6 heteroatoms. The Morgan fingerprint density at radius 3 is 2.61 bits per heavy atom. The number of nitrogens with one attached hydrogen (secondary N) is 1. The molecule has 0 saturated carbocycles. The summed E-state index contributed by atoms with van der Waals surface area (Å²) in [5.41, 5.74) is 0.439. The lowest BCUT2D eigenvalue weighted by Gasteiger charge is -2.26. The zero-order chi connectivity index (χ0) is 16.6. The minimum atomic E-state index is -1.68. The fourth-order valence-electron chi connectivity index (χ4n) is 2.86. The fraction of sp³-hybridized carbons (Fsp3) is 0.294. The van der Waals surface area contributed by atoms with E-state index in [4.69, 9.17) is 4.42 Å². The van der Waals surface area contributed by atoms with Crippen molar-refractivity contribution < 1.29 is 23.5 Å². The van der Waals surface area contributed by atoms with Gasteiger partial charge in [0, 0.05) is 5.56 Å². The topological polar surface area (TPSA) is 79.5 Å². The van der Waals surface area contributed by atoms with Crippen molar-refractivity contribution in [1.82, 2.24) is 5.32 Å². The van der Waals surface area contributed by atoms with Gasteiger partial charge >= 0.3 is 5.97 Å². The van der Waals surface area contributed by atoms with Crippen molar-refractivity contribution in [3.05, 3.63) is 58.8 Å². The van der Waals surface area contributed by atoms with Gasteiger partial charge in [0.2, 0.25) is 0 Å². The van der Waals surface area contributed by atoms with Gasteiger partial charge in [0.1, 0.15) is 5.82 Å². The Kier molecular flexibility index (Phi) is 3.67. The number of fused-ring (bicyclic) bond motifs is 1. The summed E-state index contributed by atoms with van der Waals surface area (Å²) in [6.07, 6.45) is 4.11. The molecule has 0 bridgehead atoms. The zero-order valence-corrected chi connectivity index (χ0v) is 12.6. The number of carbonyl (C=O) groups is 2. The monoisotopic (exact) mass is 317 g/mol. The number of aryl methyl sites for hydroxylation is 1. The minimum absolute atomic E-state index is 0.159. The molecule has 0 spiro atoms. The third kappa shape index (κ3) is 2.60. The molecule has 0 radical (unpaired) electrons. The Morgan fingerprint density at radius 1 is 1.26 bits per heavy atom. The number of carbonyl (C=O) groups excluding carboxylic acids is 1. The molecule has 1 unspecified atom stereocenters. The second kappa shape index (κ2) is 5.53. The van der Waals surface area contributed by atoms with Gasteiger partial charge < -0.3 is 14.8 Å². The molecule has 2 aromatic rings. The third-order valence-corrected chi connectivity index (χ3v) is 4.27. The van der Waals surface area contributed by atoms with E-state index in [-0.39, 0.29) is 11.3 Å². The maximum Gasteiger partial charge on any atom is 0.333 e. The number of hydrogen-bond acceptors (Lipinski definition) is 3. The number of furan rings is 1. The van der Waals surface area contributed by atoms with Crippen molar-refractivity contribution in [2.75, 3.05) is 0 Å². The molecule has 3 rings (SSSR count). The van der Waals surface area contributed by atoms with Crippen LogP contribution in [0.25, 0.3) is 0 Å². The molecule has 0 fully saturated rings. The van der Waals surface area contributed by atoms with Crippen molar-refractivity contribution in [3.8, 4) is 0 Å². The maximum atomic E-state index is 13.1. The number of hydrogen-bond donors (Lipinski definition) is 2. The van der Waals surface area contributed by atoms with Gasteiger partial charge in [-0.15, -0.1) is 0 Å². The highest BCUT2D eigenvalue weighted by atomic mass is 19.1. The molecule has 120 valence electrons. The number of halogens is 1. The number of carboxylic acids is 1. The lowest BCUT2D eigenvalue weighted by molar-refractivity contribution is -0.144. The summed E-state index contributed by atoms with van der Waals surface area (Å²) in [5, 5.41) is 12.1. The van der Waals surface area contributed by atoms with Crippen LogP contribution in [0.3, 0.4) is 0 Å². The Morgan fingerprint density at radius 2 is 1.96 bits per heavy atom. The van der Waals surface area contributed by atoms with Crippen LogP contribution in [0.1, 0.15) is 40.6 Å². The highest BCUT2D eigenvalue weighted by molar-refractivity contribution is 5.97. The number of aliphatic carboxylic acids is 1. The molecular formula is C17H16FNO4. The molecule has 1 aliphatic carbocycles. The molecule has 2 N–H and O–H groups in total. The quantitative estimate of drug-likeness (QED) is 0.908. The van der Waals surface area contributed by atoms with E-state index in [0.717, 1.165) is 42.5 Å². The smallest absolute Gasteiger partial charge is 0.333 e. The predicted octanol–water partition coefficient (Wildman–Crippen LogP) is 2.64. The van der Waals surface area contributed by atoms with E-state index < -0.39 is 23.2 Å². The first-order chi connectivity index (χ1) is 10.9. The molecule has 1 aliphatic rings. The van der Waals surface area contributed by atoms with Crippen LogP contribution < -0.4 is 5.32 Å². The Balaban J connectivity index is 1.91.